The molecule has 0 spiro atoms. The topological polar surface area (TPSA) is 24.9 Å². The molecule has 1 atom stereocenters. The Morgan fingerprint density at radius 3 is 2.47 bits per heavy atom. The van der Waals surface area contributed by atoms with E-state index in [9.17, 15) is 13.2 Å². The number of alkyl halides is 3. The van der Waals surface area contributed by atoms with Crippen LogP contribution in [0.25, 0.3) is 0 Å². The largest absolute Gasteiger partial charge is 0.419 e. The fraction of sp³-hybridized carbons (Fsp3) is 0.583. The Bertz CT molecular complexity index is 361. The second-order valence-electron chi connectivity index (χ2n) is 4.30. The van der Waals surface area contributed by atoms with E-state index in [1.807, 2.05) is 20.8 Å². The summed E-state index contributed by atoms with van der Waals surface area (Å²) in [5.74, 6) is 0.170. The molecule has 0 amide bonds. The second kappa shape index (κ2) is 5.38. The van der Waals surface area contributed by atoms with Crippen molar-refractivity contribution in [3.05, 3.63) is 23.9 Å². The van der Waals surface area contributed by atoms with E-state index in [2.05, 4.69) is 10.3 Å². The molecule has 1 aromatic rings. The molecule has 1 heterocycles. The lowest BCUT2D eigenvalue weighted by atomic mass is 10.0. The summed E-state index contributed by atoms with van der Waals surface area (Å²) in [6.07, 6.45) is -2.25. The van der Waals surface area contributed by atoms with Crippen molar-refractivity contribution in [1.82, 2.24) is 4.98 Å². The lowest BCUT2D eigenvalue weighted by Crippen LogP contribution is -2.26. The van der Waals surface area contributed by atoms with Crippen LogP contribution < -0.4 is 5.32 Å². The van der Waals surface area contributed by atoms with Crippen molar-refractivity contribution >= 4 is 5.82 Å². The summed E-state index contributed by atoms with van der Waals surface area (Å²) in [6, 6.07) is 2.33. The van der Waals surface area contributed by atoms with Crippen LogP contribution in [0.5, 0.6) is 0 Å². The smallest absolute Gasteiger partial charge is 0.367 e. The molecule has 96 valence electrons. The summed E-state index contributed by atoms with van der Waals surface area (Å²) in [5, 5.41) is 2.87. The third-order valence-electron chi connectivity index (χ3n) is 2.68. The van der Waals surface area contributed by atoms with E-state index < -0.39 is 11.7 Å². The highest BCUT2D eigenvalue weighted by Gasteiger charge is 2.34. The van der Waals surface area contributed by atoms with Crippen LogP contribution in [-0.4, -0.2) is 11.0 Å². The quantitative estimate of drug-likeness (QED) is 0.870. The van der Waals surface area contributed by atoms with Crippen LogP contribution in [0, 0.1) is 5.92 Å². The number of pyridine rings is 1. The average molecular weight is 246 g/mol. The summed E-state index contributed by atoms with van der Waals surface area (Å²) < 4.78 is 38.2. The van der Waals surface area contributed by atoms with Gasteiger partial charge in [-0.1, -0.05) is 20.8 Å². The van der Waals surface area contributed by atoms with Gasteiger partial charge in [-0.2, -0.15) is 13.2 Å². The lowest BCUT2D eigenvalue weighted by molar-refractivity contribution is -0.137. The van der Waals surface area contributed by atoms with Crippen LogP contribution in [0.4, 0.5) is 19.0 Å². The van der Waals surface area contributed by atoms with Crippen molar-refractivity contribution in [2.75, 3.05) is 5.32 Å². The highest BCUT2D eigenvalue weighted by atomic mass is 19.4. The van der Waals surface area contributed by atoms with E-state index in [1.54, 1.807) is 0 Å². The van der Waals surface area contributed by atoms with Crippen molar-refractivity contribution < 1.29 is 13.2 Å². The summed E-state index contributed by atoms with van der Waals surface area (Å²) in [7, 11) is 0. The molecule has 0 saturated carbocycles. The average Bonchev–Trinajstić information content (AvgIpc) is 2.24. The van der Waals surface area contributed by atoms with E-state index in [-0.39, 0.29) is 17.8 Å². The molecule has 1 unspecified atom stereocenters. The minimum atomic E-state index is -4.37. The predicted molar refractivity (Wildman–Crippen MR) is 61.8 cm³/mol. The first-order valence-corrected chi connectivity index (χ1v) is 5.65. The fourth-order valence-corrected chi connectivity index (χ4v) is 1.66. The molecule has 1 aromatic heterocycles. The zero-order chi connectivity index (χ0) is 13.1. The number of hydrogen-bond donors (Lipinski definition) is 1. The Kier molecular flexibility index (Phi) is 4.37. The summed E-state index contributed by atoms with van der Waals surface area (Å²) in [6.45, 7) is 5.88. The van der Waals surface area contributed by atoms with Crippen molar-refractivity contribution in [2.45, 2.75) is 39.4 Å². The lowest BCUT2D eigenvalue weighted by Gasteiger charge is -2.23. The van der Waals surface area contributed by atoms with Crippen molar-refractivity contribution in [3.8, 4) is 0 Å². The van der Waals surface area contributed by atoms with Gasteiger partial charge in [-0.25, -0.2) is 4.98 Å². The van der Waals surface area contributed by atoms with Gasteiger partial charge in [-0.05, 0) is 24.5 Å². The molecule has 1 rings (SSSR count). The minimum absolute atomic E-state index is 0.00833. The van der Waals surface area contributed by atoms with E-state index in [0.717, 1.165) is 12.5 Å². The molecule has 0 aliphatic carbocycles. The molecular weight excluding hydrogens is 229 g/mol. The van der Waals surface area contributed by atoms with Gasteiger partial charge >= 0.3 is 6.18 Å². The van der Waals surface area contributed by atoms with Crippen LogP contribution in [0.2, 0.25) is 0 Å². The molecule has 1 N–H and O–H groups in total. The molecule has 0 bridgehead atoms. The van der Waals surface area contributed by atoms with Gasteiger partial charge < -0.3 is 5.32 Å². The molecule has 0 aliphatic heterocycles. The van der Waals surface area contributed by atoms with Crippen molar-refractivity contribution in [1.29, 1.82) is 0 Å². The minimum Gasteiger partial charge on any atom is -0.367 e. The number of hydrogen-bond acceptors (Lipinski definition) is 2. The molecule has 0 radical (unpaired) electrons. The summed E-state index contributed by atoms with van der Waals surface area (Å²) in [4.78, 5) is 3.78. The first-order chi connectivity index (χ1) is 7.86. The maximum atomic E-state index is 12.7. The second-order valence-corrected chi connectivity index (χ2v) is 4.30. The van der Waals surface area contributed by atoms with Gasteiger partial charge in [0.15, 0.2) is 0 Å². The molecule has 2 nitrogen and oxygen atoms in total. The van der Waals surface area contributed by atoms with Gasteiger partial charge in [-0.3, -0.25) is 0 Å². The summed E-state index contributed by atoms with van der Waals surface area (Å²) >= 11 is 0. The molecular formula is C12H17F3N2. The zero-order valence-electron chi connectivity index (χ0n) is 10.2. The molecule has 0 saturated heterocycles. The predicted octanol–water partition coefficient (Wildman–Crippen LogP) is 3.95. The maximum Gasteiger partial charge on any atom is 0.419 e. The first kappa shape index (κ1) is 13.8. The normalized spacial score (nSPS) is 13.8. The standard InChI is InChI=1S/C12H17F3N2/c1-4-10(8(2)3)17-11-9(12(13,14)15)6-5-7-16-11/h5-8,10H,4H2,1-3H3,(H,16,17). The Hall–Kier alpha value is -1.26. The van der Waals surface area contributed by atoms with Crippen molar-refractivity contribution in [2.24, 2.45) is 5.92 Å². The Morgan fingerprint density at radius 2 is 2.00 bits per heavy atom. The van der Waals surface area contributed by atoms with Gasteiger partial charge in [-0.15, -0.1) is 0 Å². The highest BCUT2D eigenvalue weighted by molar-refractivity contribution is 5.46. The molecule has 17 heavy (non-hydrogen) atoms. The SMILES string of the molecule is CCC(Nc1ncccc1C(F)(F)F)C(C)C. The number of rotatable bonds is 4. The number of halogens is 3. The van der Waals surface area contributed by atoms with E-state index in [0.29, 0.717) is 0 Å². The monoisotopic (exact) mass is 246 g/mol. The Morgan fingerprint density at radius 1 is 1.35 bits per heavy atom. The van der Waals surface area contributed by atoms with Gasteiger partial charge in [0.1, 0.15) is 5.82 Å². The van der Waals surface area contributed by atoms with Gasteiger partial charge in [0.05, 0.1) is 5.56 Å². The van der Waals surface area contributed by atoms with Crippen LogP contribution in [0.1, 0.15) is 32.8 Å². The zero-order valence-corrected chi connectivity index (χ0v) is 10.2. The Balaban J connectivity index is 2.98. The van der Waals surface area contributed by atoms with Crippen LogP contribution >= 0.6 is 0 Å². The number of nitrogens with one attached hydrogen (secondary N) is 1. The Labute approximate surface area is 99.3 Å². The van der Waals surface area contributed by atoms with Gasteiger partial charge in [0.25, 0.3) is 0 Å². The maximum absolute atomic E-state index is 12.7. The van der Waals surface area contributed by atoms with E-state index in [4.69, 9.17) is 0 Å². The van der Waals surface area contributed by atoms with Gasteiger partial charge in [0, 0.05) is 12.2 Å². The fourth-order valence-electron chi connectivity index (χ4n) is 1.66. The molecule has 0 fully saturated rings. The van der Waals surface area contributed by atoms with Gasteiger partial charge in [0.2, 0.25) is 0 Å². The first-order valence-electron chi connectivity index (χ1n) is 5.65. The molecule has 0 aromatic carbocycles. The number of anilines is 1. The third-order valence-corrected chi connectivity index (χ3v) is 2.68. The highest BCUT2D eigenvalue weighted by Crippen LogP contribution is 2.34. The van der Waals surface area contributed by atoms with Crippen LogP contribution in [0.3, 0.4) is 0 Å². The molecule has 0 aliphatic rings. The van der Waals surface area contributed by atoms with E-state index >= 15 is 0 Å². The number of nitrogens with zero attached hydrogens (tertiary/aromatic N) is 1. The summed E-state index contributed by atoms with van der Waals surface area (Å²) in [5.41, 5.74) is -0.709. The van der Waals surface area contributed by atoms with Crippen LogP contribution in [0.15, 0.2) is 18.3 Å². The van der Waals surface area contributed by atoms with Crippen LogP contribution in [-0.2, 0) is 6.18 Å². The van der Waals surface area contributed by atoms with Crippen molar-refractivity contribution in [3.63, 3.8) is 0 Å². The van der Waals surface area contributed by atoms with E-state index in [1.165, 1.54) is 12.3 Å². The molecule has 5 heteroatoms. The number of aromatic nitrogens is 1. The third kappa shape index (κ3) is 3.61.